The third kappa shape index (κ3) is 6.76. The number of nitrogens with zero attached hydrogens (tertiary/aromatic N) is 6. The van der Waals surface area contributed by atoms with E-state index in [-0.39, 0.29) is 41.5 Å². The van der Waals surface area contributed by atoms with E-state index >= 15 is 0 Å². The maximum absolute atomic E-state index is 13.8. The van der Waals surface area contributed by atoms with Crippen LogP contribution in [0.2, 0.25) is 0 Å². The van der Waals surface area contributed by atoms with E-state index in [1.807, 2.05) is 24.3 Å². The minimum atomic E-state index is -4.00. The summed E-state index contributed by atoms with van der Waals surface area (Å²) in [5.41, 5.74) is 1.34. The first-order chi connectivity index (χ1) is 19.2. The molecule has 1 aromatic heterocycles. The highest BCUT2D eigenvalue weighted by atomic mass is 79.9. The van der Waals surface area contributed by atoms with Gasteiger partial charge in [0.25, 0.3) is 5.91 Å². The zero-order chi connectivity index (χ0) is 28.7. The molecule has 0 saturated carbocycles. The van der Waals surface area contributed by atoms with Crippen molar-refractivity contribution in [2.45, 2.75) is 17.7 Å². The fraction of sp³-hybridized carbons (Fsp3) is 0.148. The van der Waals surface area contributed by atoms with Crippen molar-refractivity contribution in [3.63, 3.8) is 0 Å². The third-order valence-corrected chi connectivity index (χ3v) is 9.03. The zero-order valence-corrected chi connectivity index (χ0v) is 24.0. The van der Waals surface area contributed by atoms with Crippen LogP contribution < -0.4 is 5.01 Å². The molecule has 0 radical (unpaired) electrons. The number of halogens is 2. The average molecular weight is 640 g/mol. The van der Waals surface area contributed by atoms with Gasteiger partial charge in [0.15, 0.2) is 0 Å². The topological polar surface area (TPSA) is 131 Å². The highest BCUT2D eigenvalue weighted by molar-refractivity contribution is 9.10. The molecule has 40 heavy (non-hydrogen) atoms. The van der Waals surface area contributed by atoms with Crippen molar-refractivity contribution in [2.24, 2.45) is 5.10 Å². The van der Waals surface area contributed by atoms with Crippen LogP contribution in [-0.4, -0.2) is 42.9 Å². The lowest BCUT2D eigenvalue weighted by atomic mass is 10.2. The predicted octanol–water partition coefficient (Wildman–Crippen LogP) is 5.70. The van der Waals surface area contributed by atoms with Crippen LogP contribution in [0.15, 0.2) is 81.2 Å². The zero-order valence-electron chi connectivity index (χ0n) is 20.7. The Morgan fingerprint density at radius 2 is 1.68 bits per heavy atom. The molecule has 0 aliphatic carbocycles. The molecule has 4 rings (SSSR count). The van der Waals surface area contributed by atoms with Crippen molar-refractivity contribution in [1.82, 2.24) is 9.29 Å². The molecule has 0 fully saturated rings. The molecule has 202 valence electrons. The Hall–Kier alpha value is -4.01. The Morgan fingerprint density at radius 1 is 1.02 bits per heavy atom. The number of thiazole rings is 1. The summed E-state index contributed by atoms with van der Waals surface area (Å²) in [4.78, 5) is 18.0. The normalized spacial score (nSPS) is 11.5. The molecule has 0 spiro atoms. The molecule has 13 heteroatoms. The minimum absolute atomic E-state index is 0.0291. The van der Waals surface area contributed by atoms with E-state index in [0.717, 1.165) is 25.1 Å². The highest BCUT2D eigenvalue weighted by Gasteiger charge is 2.26. The van der Waals surface area contributed by atoms with Crippen molar-refractivity contribution in [1.29, 1.82) is 10.5 Å². The first-order valence-corrected chi connectivity index (χ1v) is 14.8. The fourth-order valence-corrected chi connectivity index (χ4v) is 6.23. The van der Waals surface area contributed by atoms with E-state index in [9.17, 15) is 17.6 Å². The molecule has 0 bridgehead atoms. The summed E-state index contributed by atoms with van der Waals surface area (Å²) >= 11 is 4.46. The van der Waals surface area contributed by atoms with Crippen LogP contribution in [0.3, 0.4) is 0 Å². The Bertz CT molecular complexity index is 1730. The SMILES string of the molecule is N#CCCN(CCC#N)S(=O)(=O)c1ccc(C(=O)N(/N=C/c2ccc(Br)cc2)c2nc3ccc(F)cc3s2)cc1. The summed E-state index contributed by atoms with van der Waals surface area (Å²) in [6.07, 6.45) is 1.43. The molecule has 0 aliphatic rings. The van der Waals surface area contributed by atoms with E-state index in [1.54, 1.807) is 12.1 Å². The summed E-state index contributed by atoms with van der Waals surface area (Å²) < 4.78 is 42.5. The second-order valence-electron chi connectivity index (χ2n) is 8.27. The second-order valence-corrected chi connectivity index (χ2v) is 12.1. The lowest BCUT2D eigenvalue weighted by Crippen LogP contribution is -2.33. The van der Waals surface area contributed by atoms with Gasteiger partial charge in [0, 0.05) is 36.0 Å². The summed E-state index contributed by atoms with van der Waals surface area (Å²) in [5.74, 6) is -1.02. The quantitative estimate of drug-likeness (QED) is 0.162. The number of anilines is 1. The van der Waals surface area contributed by atoms with Gasteiger partial charge in [-0.3, -0.25) is 4.79 Å². The monoisotopic (exact) mass is 638 g/mol. The Kier molecular flexibility index (Phi) is 9.34. The van der Waals surface area contributed by atoms with Gasteiger partial charge in [-0.1, -0.05) is 39.4 Å². The van der Waals surface area contributed by atoms with Crippen LogP contribution in [0.4, 0.5) is 9.52 Å². The molecule has 0 N–H and O–H groups in total. The van der Waals surface area contributed by atoms with Crippen molar-refractivity contribution >= 4 is 64.8 Å². The van der Waals surface area contributed by atoms with Crippen LogP contribution in [0.25, 0.3) is 10.2 Å². The van der Waals surface area contributed by atoms with E-state index in [0.29, 0.717) is 15.8 Å². The Labute approximate surface area is 242 Å². The first-order valence-electron chi connectivity index (χ1n) is 11.8. The van der Waals surface area contributed by atoms with Crippen LogP contribution in [0.5, 0.6) is 0 Å². The van der Waals surface area contributed by atoms with Gasteiger partial charge < -0.3 is 0 Å². The summed E-state index contributed by atoms with van der Waals surface area (Å²) in [6, 6.07) is 20.5. The van der Waals surface area contributed by atoms with Gasteiger partial charge in [0.1, 0.15) is 5.82 Å². The van der Waals surface area contributed by atoms with Gasteiger partial charge in [-0.2, -0.15) is 24.9 Å². The minimum Gasteiger partial charge on any atom is -0.267 e. The lowest BCUT2D eigenvalue weighted by molar-refractivity contribution is 0.0987. The van der Waals surface area contributed by atoms with Gasteiger partial charge in [0.05, 0.1) is 33.5 Å². The van der Waals surface area contributed by atoms with Gasteiger partial charge in [-0.15, -0.1) is 0 Å². The standard InChI is InChI=1S/C27H20BrFN6O3S2/c28-21-7-3-19(4-8-21)18-32-35(27-33-24-12-9-22(29)17-25(24)39-27)26(36)20-5-10-23(11-6-20)40(37,38)34(15-1-13-30)16-2-14-31/h3-12,17-18H,1-2,15-16H2/b32-18+. The number of hydrogen-bond acceptors (Lipinski definition) is 8. The summed E-state index contributed by atoms with van der Waals surface area (Å²) in [7, 11) is -4.00. The summed E-state index contributed by atoms with van der Waals surface area (Å²) in [6.45, 7) is -0.115. The Morgan fingerprint density at radius 3 is 2.30 bits per heavy atom. The van der Waals surface area contributed by atoms with Gasteiger partial charge in [-0.05, 0) is 60.2 Å². The van der Waals surface area contributed by atoms with Crippen molar-refractivity contribution in [3.05, 3.63) is 88.1 Å². The molecule has 0 aliphatic heterocycles. The maximum atomic E-state index is 13.8. The molecule has 0 unspecified atom stereocenters. The average Bonchev–Trinajstić information content (AvgIpc) is 3.36. The number of carbonyl (C=O) groups excluding carboxylic acids is 1. The van der Waals surface area contributed by atoms with Crippen molar-refractivity contribution in [3.8, 4) is 12.1 Å². The molecule has 0 saturated heterocycles. The molecule has 0 atom stereocenters. The van der Waals surface area contributed by atoms with Crippen molar-refractivity contribution < 1.29 is 17.6 Å². The molecule has 3 aromatic carbocycles. The number of carbonyl (C=O) groups is 1. The number of hydrazone groups is 1. The molecule has 9 nitrogen and oxygen atoms in total. The number of benzene rings is 3. The molecule has 1 amide bonds. The second kappa shape index (κ2) is 12.9. The predicted molar refractivity (Wildman–Crippen MR) is 154 cm³/mol. The number of rotatable bonds is 10. The third-order valence-electron chi connectivity index (χ3n) is 5.59. The van der Waals surface area contributed by atoms with Gasteiger partial charge >= 0.3 is 0 Å². The van der Waals surface area contributed by atoms with E-state index < -0.39 is 21.7 Å². The number of nitriles is 2. The maximum Gasteiger partial charge on any atom is 0.280 e. The van der Waals surface area contributed by atoms with Crippen LogP contribution >= 0.6 is 27.3 Å². The number of fused-ring (bicyclic) bond motifs is 1. The van der Waals surface area contributed by atoms with Gasteiger partial charge in [-0.25, -0.2) is 17.8 Å². The number of amides is 1. The van der Waals surface area contributed by atoms with E-state index in [4.69, 9.17) is 10.5 Å². The lowest BCUT2D eigenvalue weighted by Gasteiger charge is -2.20. The van der Waals surface area contributed by atoms with E-state index in [2.05, 4.69) is 26.0 Å². The van der Waals surface area contributed by atoms with Crippen LogP contribution in [0, 0.1) is 28.5 Å². The summed E-state index contributed by atoms with van der Waals surface area (Å²) in [5, 5.41) is 23.4. The van der Waals surface area contributed by atoms with Crippen molar-refractivity contribution in [2.75, 3.05) is 18.1 Å². The smallest absolute Gasteiger partial charge is 0.267 e. The number of sulfonamides is 1. The molecular weight excluding hydrogens is 619 g/mol. The molecular formula is C27H20BrFN6O3S2. The molecule has 4 aromatic rings. The fourth-order valence-electron chi connectivity index (χ4n) is 3.58. The van der Waals surface area contributed by atoms with E-state index in [1.165, 1.54) is 48.7 Å². The van der Waals surface area contributed by atoms with Crippen LogP contribution in [0.1, 0.15) is 28.8 Å². The number of aromatic nitrogens is 1. The first kappa shape index (κ1) is 29.0. The van der Waals surface area contributed by atoms with Crippen LogP contribution in [-0.2, 0) is 10.0 Å². The Balaban J connectivity index is 1.67. The molecule has 1 heterocycles. The highest BCUT2D eigenvalue weighted by Crippen LogP contribution is 2.31. The number of hydrogen-bond donors (Lipinski definition) is 0. The van der Waals surface area contributed by atoms with Gasteiger partial charge in [0.2, 0.25) is 15.2 Å². The largest absolute Gasteiger partial charge is 0.280 e.